The van der Waals surface area contributed by atoms with Crippen molar-refractivity contribution in [2.45, 2.75) is 45.4 Å². The molecule has 0 unspecified atom stereocenters. The van der Waals surface area contributed by atoms with E-state index >= 15 is 0 Å². The molecule has 1 aliphatic rings. The lowest BCUT2D eigenvalue weighted by Crippen LogP contribution is -2.43. The van der Waals surface area contributed by atoms with Gasteiger partial charge in [-0.1, -0.05) is 0 Å². The number of alkyl halides is 3. The molecule has 1 saturated heterocycles. The number of piperidine rings is 1. The molecule has 0 atom stereocenters. The molecule has 0 bridgehead atoms. The predicted octanol–water partition coefficient (Wildman–Crippen LogP) is 4.56. The fourth-order valence-corrected chi connectivity index (χ4v) is 3.18. The quantitative estimate of drug-likeness (QED) is 0.676. The van der Waals surface area contributed by atoms with Gasteiger partial charge in [-0.3, -0.25) is 4.79 Å². The number of nitrogens with zero attached hydrogens (tertiary/aromatic N) is 2. The van der Waals surface area contributed by atoms with Crippen LogP contribution in [-0.4, -0.2) is 54.1 Å². The molecule has 1 heterocycles. The van der Waals surface area contributed by atoms with Crippen LogP contribution in [0.4, 0.5) is 22.4 Å². The van der Waals surface area contributed by atoms with Gasteiger partial charge in [-0.25, -0.2) is 9.18 Å². The zero-order valence-corrected chi connectivity index (χ0v) is 17.0. The van der Waals surface area contributed by atoms with E-state index in [1.165, 1.54) is 9.80 Å². The molecule has 0 saturated carbocycles. The minimum Gasteiger partial charge on any atom is -0.444 e. The van der Waals surface area contributed by atoms with E-state index in [0.717, 1.165) is 6.07 Å². The molecule has 0 spiro atoms. The summed E-state index contributed by atoms with van der Waals surface area (Å²) in [7, 11) is 1.64. The Labute approximate surface area is 167 Å². The molecule has 2 amide bonds. The third-order valence-corrected chi connectivity index (χ3v) is 4.66. The van der Waals surface area contributed by atoms with Crippen LogP contribution < -0.4 is 0 Å². The monoisotopic (exact) mass is 418 g/mol. The number of carbonyl (C=O) groups is 2. The summed E-state index contributed by atoms with van der Waals surface area (Å²) in [6.45, 7) is 6.51. The van der Waals surface area contributed by atoms with Crippen molar-refractivity contribution in [2.75, 3.05) is 26.7 Å². The molecule has 2 rings (SSSR count). The number of carbonyl (C=O) groups excluding carboxylic acids is 2. The maximum absolute atomic E-state index is 13.4. The minimum atomic E-state index is -4.86. The average molecular weight is 418 g/mol. The molecular formula is C20H26F4N2O3. The highest BCUT2D eigenvalue weighted by molar-refractivity contribution is 5.94. The standard InChI is InChI=1S/C20H26F4N2O3/c1-19(2,3)29-18(28)25(4)12-13-7-9-26(10-8-13)17(27)14-5-6-16(21)15(11-14)20(22,23)24/h5-6,11,13H,7-10,12H2,1-4H3. The van der Waals surface area contributed by atoms with Gasteiger partial charge in [-0.2, -0.15) is 13.2 Å². The third-order valence-electron chi connectivity index (χ3n) is 4.66. The first kappa shape index (κ1) is 23.0. The zero-order chi connectivity index (χ0) is 22.0. The Morgan fingerprint density at radius 1 is 1.17 bits per heavy atom. The van der Waals surface area contributed by atoms with Crippen LogP contribution in [0, 0.1) is 11.7 Å². The van der Waals surface area contributed by atoms with E-state index in [4.69, 9.17) is 4.74 Å². The van der Waals surface area contributed by atoms with E-state index in [1.54, 1.807) is 27.8 Å². The van der Waals surface area contributed by atoms with Crippen molar-refractivity contribution in [1.29, 1.82) is 0 Å². The fraction of sp³-hybridized carbons (Fsp3) is 0.600. The molecule has 0 aliphatic carbocycles. The highest BCUT2D eigenvalue weighted by Crippen LogP contribution is 2.32. The molecule has 1 aromatic rings. The molecule has 1 fully saturated rings. The van der Waals surface area contributed by atoms with Crippen molar-refractivity contribution >= 4 is 12.0 Å². The van der Waals surface area contributed by atoms with Gasteiger partial charge in [0.1, 0.15) is 11.4 Å². The van der Waals surface area contributed by atoms with Gasteiger partial charge in [-0.15, -0.1) is 0 Å². The first-order valence-corrected chi connectivity index (χ1v) is 9.38. The van der Waals surface area contributed by atoms with E-state index in [1.807, 2.05) is 0 Å². The van der Waals surface area contributed by atoms with Crippen molar-refractivity contribution in [2.24, 2.45) is 5.92 Å². The summed E-state index contributed by atoms with van der Waals surface area (Å²) in [6.07, 6.45) is -4.08. The van der Waals surface area contributed by atoms with Gasteiger partial charge < -0.3 is 14.5 Å². The van der Waals surface area contributed by atoms with E-state index in [9.17, 15) is 27.2 Å². The van der Waals surface area contributed by atoms with Crippen molar-refractivity contribution in [1.82, 2.24) is 9.80 Å². The second kappa shape index (κ2) is 8.59. The summed E-state index contributed by atoms with van der Waals surface area (Å²) in [5.74, 6) is -1.82. The lowest BCUT2D eigenvalue weighted by atomic mass is 9.95. The van der Waals surface area contributed by atoms with Crippen molar-refractivity contribution in [3.8, 4) is 0 Å². The number of likely N-dealkylation sites (tertiary alicyclic amines) is 1. The summed E-state index contributed by atoms with van der Waals surface area (Å²) < 4.78 is 57.3. The lowest BCUT2D eigenvalue weighted by Gasteiger charge is -2.34. The molecule has 0 radical (unpaired) electrons. The normalized spacial score (nSPS) is 15.9. The van der Waals surface area contributed by atoms with Crippen LogP contribution in [0.5, 0.6) is 0 Å². The second-order valence-corrected chi connectivity index (χ2v) is 8.29. The zero-order valence-electron chi connectivity index (χ0n) is 17.0. The summed E-state index contributed by atoms with van der Waals surface area (Å²) in [4.78, 5) is 27.5. The predicted molar refractivity (Wildman–Crippen MR) is 98.9 cm³/mol. The Morgan fingerprint density at radius 3 is 2.28 bits per heavy atom. The van der Waals surface area contributed by atoms with Gasteiger partial charge >= 0.3 is 12.3 Å². The molecule has 0 N–H and O–H groups in total. The Balaban J connectivity index is 1.94. The third kappa shape index (κ3) is 6.33. The Bertz CT molecular complexity index is 751. The summed E-state index contributed by atoms with van der Waals surface area (Å²) in [6, 6.07) is 2.29. The maximum Gasteiger partial charge on any atom is 0.419 e. The van der Waals surface area contributed by atoms with E-state index in [2.05, 4.69) is 0 Å². The summed E-state index contributed by atoms with van der Waals surface area (Å²) >= 11 is 0. The number of benzene rings is 1. The number of rotatable bonds is 3. The van der Waals surface area contributed by atoms with E-state index in [-0.39, 0.29) is 11.5 Å². The van der Waals surface area contributed by atoms with Crippen LogP contribution in [0.2, 0.25) is 0 Å². The topological polar surface area (TPSA) is 49.9 Å². The molecule has 1 aliphatic heterocycles. The number of hydrogen-bond acceptors (Lipinski definition) is 3. The van der Waals surface area contributed by atoms with E-state index < -0.39 is 35.2 Å². The number of halogens is 4. The Morgan fingerprint density at radius 2 is 1.76 bits per heavy atom. The minimum absolute atomic E-state index is 0.149. The number of amides is 2. The maximum atomic E-state index is 13.4. The average Bonchev–Trinajstić information content (AvgIpc) is 2.59. The van der Waals surface area contributed by atoms with Gasteiger partial charge in [0, 0.05) is 32.2 Å². The first-order chi connectivity index (χ1) is 13.3. The molecule has 0 aromatic heterocycles. The van der Waals surface area contributed by atoms with Crippen LogP contribution in [0.15, 0.2) is 18.2 Å². The van der Waals surface area contributed by atoms with Gasteiger partial charge in [0.05, 0.1) is 5.56 Å². The molecule has 9 heteroatoms. The smallest absolute Gasteiger partial charge is 0.419 e. The van der Waals surface area contributed by atoms with Crippen molar-refractivity contribution < 1.29 is 31.9 Å². The van der Waals surface area contributed by atoms with Crippen LogP contribution in [0.25, 0.3) is 0 Å². The first-order valence-electron chi connectivity index (χ1n) is 9.38. The molecule has 162 valence electrons. The lowest BCUT2D eigenvalue weighted by molar-refractivity contribution is -0.140. The number of hydrogen-bond donors (Lipinski definition) is 0. The van der Waals surface area contributed by atoms with Gasteiger partial charge in [0.2, 0.25) is 0 Å². The largest absolute Gasteiger partial charge is 0.444 e. The fourth-order valence-electron chi connectivity index (χ4n) is 3.18. The summed E-state index contributed by atoms with van der Waals surface area (Å²) in [5, 5.41) is 0. The van der Waals surface area contributed by atoms with E-state index in [0.29, 0.717) is 44.6 Å². The van der Waals surface area contributed by atoms with Crippen LogP contribution >= 0.6 is 0 Å². The summed E-state index contributed by atoms with van der Waals surface area (Å²) in [5.41, 5.74) is -2.23. The van der Waals surface area contributed by atoms with Crippen LogP contribution in [0.1, 0.15) is 49.5 Å². The van der Waals surface area contributed by atoms with Gasteiger partial charge in [0.25, 0.3) is 5.91 Å². The molecule has 1 aromatic carbocycles. The van der Waals surface area contributed by atoms with Crippen molar-refractivity contribution in [3.63, 3.8) is 0 Å². The highest BCUT2D eigenvalue weighted by atomic mass is 19.4. The number of ether oxygens (including phenoxy) is 1. The highest BCUT2D eigenvalue weighted by Gasteiger charge is 2.35. The SMILES string of the molecule is CN(CC1CCN(C(=O)c2ccc(F)c(C(F)(F)F)c2)CC1)C(=O)OC(C)(C)C. The van der Waals surface area contributed by atoms with Crippen molar-refractivity contribution in [3.05, 3.63) is 35.1 Å². The molecular weight excluding hydrogens is 392 g/mol. The van der Waals surface area contributed by atoms with Gasteiger partial charge in [0.15, 0.2) is 0 Å². The van der Waals surface area contributed by atoms with Crippen LogP contribution in [0.3, 0.4) is 0 Å². The molecule has 29 heavy (non-hydrogen) atoms. The Kier molecular flexibility index (Phi) is 6.80. The second-order valence-electron chi connectivity index (χ2n) is 8.29. The van der Waals surface area contributed by atoms with Crippen LogP contribution in [-0.2, 0) is 10.9 Å². The molecule has 5 nitrogen and oxygen atoms in total. The Hall–Kier alpha value is -2.32. The van der Waals surface area contributed by atoms with Gasteiger partial charge in [-0.05, 0) is 57.7 Å².